The van der Waals surface area contributed by atoms with Crippen LogP contribution in [0.3, 0.4) is 0 Å². The summed E-state index contributed by atoms with van der Waals surface area (Å²) >= 11 is 0. The van der Waals surface area contributed by atoms with Gasteiger partial charge in [-0.25, -0.2) is 4.79 Å². The van der Waals surface area contributed by atoms with Crippen LogP contribution in [0.1, 0.15) is 31.4 Å². The number of rotatable bonds is 6. The second-order valence-corrected chi connectivity index (χ2v) is 6.68. The number of carbonyl (C=O) groups is 3. The van der Waals surface area contributed by atoms with Crippen LogP contribution in [0.4, 0.5) is 4.79 Å². The molecule has 4 amide bonds. The Bertz CT molecular complexity index is 797. The van der Waals surface area contributed by atoms with Gasteiger partial charge >= 0.3 is 6.03 Å². The minimum atomic E-state index is -1.34. The largest absolute Gasteiger partial charge is 0.352 e. The van der Waals surface area contributed by atoms with Crippen molar-refractivity contribution in [2.24, 2.45) is 0 Å². The van der Waals surface area contributed by atoms with Gasteiger partial charge in [0.05, 0.1) is 0 Å². The third-order valence-corrected chi connectivity index (χ3v) is 4.84. The normalized spacial score (nSPS) is 16.7. The first-order chi connectivity index (χ1) is 13.0. The summed E-state index contributed by atoms with van der Waals surface area (Å²) in [7, 11) is 0. The molecule has 2 aromatic carbocycles. The van der Waals surface area contributed by atoms with Crippen LogP contribution in [0.2, 0.25) is 0 Å². The zero-order valence-electron chi connectivity index (χ0n) is 15.4. The molecule has 1 aliphatic rings. The molecule has 2 aromatic rings. The fraction of sp³-hybridized carbons (Fsp3) is 0.286. The van der Waals surface area contributed by atoms with Crippen LogP contribution in [0.25, 0.3) is 0 Å². The summed E-state index contributed by atoms with van der Waals surface area (Å²) < 4.78 is 0. The van der Waals surface area contributed by atoms with Crippen LogP contribution in [-0.4, -0.2) is 35.3 Å². The summed E-state index contributed by atoms with van der Waals surface area (Å²) in [5, 5.41) is 5.62. The van der Waals surface area contributed by atoms with Gasteiger partial charge in [-0.3, -0.25) is 14.5 Å². The predicted octanol–water partition coefficient (Wildman–Crippen LogP) is 2.40. The van der Waals surface area contributed by atoms with Crippen molar-refractivity contribution in [1.29, 1.82) is 0 Å². The Kier molecular flexibility index (Phi) is 5.26. The number of urea groups is 1. The van der Waals surface area contributed by atoms with Crippen molar-refractivity contribution in [1.82, 2.24) is 15.5 Å². The summed E-state index contributed by atoms with van der Waals surface area (Å²) in [5.41, 5.74) is -0.0326. The van der Waals surface area contributed by atoms with Crippen LogP contribution in [0.15, 0.2) is 60.7 Å². The van der Waals surface area contributed by atoms with Gasteiger partial charge in [0.15, 0.2) is 5.54 Å². The number of imide groups is 1. The second-order valence-electron chi connectivity index (χ2n) is 6.68. The molecule has 1 heterocycles. The molecule has 0 spiro atoms. The van der Waals surface area contributed by atoms with Crippen LogP contribution in [0, 0.1) is 0 Å². The van der Waals surface area contributed by atoms with Crippen LogP contribution in [-0.2, 0) is 15.1 Å². The smallest absolute Gasteiger partial charge is 0.326 e. The molecule has 0 radical (unpaired) electrons. The summed E-state index contributed by atoms with van der Waals surface area (Å²) in [6, 6.07) is 17.6. The number of carbonyl (C=O) groups excluding carboxylic acids is 3. The highest BCUT2D eigenvalue weighted by molar-refractivity contribution is 6.11. The van der Waals surface area contributed by atoms with E-state index >= 15 is 0 Å². The van der Waals surface area contributed by atoms with E-state index in [4.69, 9.17) is 0 Å². The zero-order valence-corrected chi connectivity index (χ0v) is 15.4. The minimum absolute atomic E-state index is 0.0220. The third kappa shape index (κ3) is 3.43. The monoisotopic (exact) mass is 365 g/mol. The fourth-order valence-electron chi connectivity index (χ4n) is 3.22. The lowest BCUT2D eigenvalue weighted by Gasteiger charge is -2.28. The summed E-state index contributed by atoms with van der Waals surface area (Å²) in [5.74, 6) is -0.811. The Labute approximate surface area is 158 Å². The van der Waals surface area contributed by atoms with Gasteiger partial charge in [0.2, 0.25) is 5.91 Å². The van der Waals surface area contributed by atoms with E-state index in [2.05, 4.69) is 10.6 Å². The van der Waals surface area contributed by atoms with Crippen molar-refractivity contribution >= 4 is 17.8 Å². The van der Waals surface area contributed by atoms with E-state index in [1.54, 1.807) is 24.3 Å². The molecule has 6 nitrogen and oxygen atoms in total. The Morgan fingerprint density at radius 3 is 2.04 bits per heavy atom. The highest BCUT2D eigenvalue weighted by atomic mass is 16.2. The van der Waals surface area contributed by atoms with Crippen molar-refractivity contribution in [3.8, 4) is 0 Å². The maximum Gasteiger partial charge on any atom is 0.326 e. The molecule has 140 valence electrons. The van der Waals surface area contributed by atoms with E-state index in [1.807, 2.05) is 50.2 Å². The van der Waals surface area contributed by atoms with E-state index in [-0.39, 0.29) is 18.5 Å². The lowest BCUT2D eigenvalue weighted by molar-refractivity contribution is -0.134. The van der Waals surface area contributed by atoms with Gasteiger partial charge in [0.25, 0.3) is 5.91 Å². The molecule has 1 aliphatic heterocycles. The molecule has 1 saturated heterocycles. The van der Waals surface area contributed by atoms with Crippen molar-refractivity contribution < 1.29 is 14.4 Å². The first kappa shape index (κ1) is 18.6. The highest BCUT2D eigenvalue weighted by Crippen LogP contribution is 2.35. The molecule has 27 heavy (non-hydrogen) atoms. The Morgan fingerprint density at radius 2 is 1.56 bits per heavy atom. The van der Waals surface area contributed by atoms with Crippen molar-refractivity contribution in [3.63, 3.8) is 0 Å². The first-order valence-electron chi connectivity index (χ1n) is 9.03. The van der Waals surface area contributed by atoms with E-state index in [9.17, 15) is 14.4 Å². The summed E-state index contributed by atoms with van der Waals surface area (Å²) in [4.78, 5) is 39.3. The predicted molar refractivity (Wildman–Crippen MR) is 102 cm³/mol. The average Bonchev–Trinajstić information content (AvgIpc) is 2.94. The van der Waals surface area contributed by atoms with Gasteiger partial charge in [0.1, 0.15) is 6.54 Å². The number of nitrogens with one attached hydrogen (secondary N) is 2. The summed E-state index contributed by atoms with van der Waals surface area (Å²) in [6.07, 6.45) is 0.768. The number of hydrogen-bond donors (Lipinski definition) is 2. The molecule has 1 fully saturated rings. The highest BCUT2D eigenvalue weighted by Gasteiger charge is 2.54. The maximum absolute atomic E-state index is 13.4. The summed E-state index contributed by atoms with van der Waals surface area (Å²) in [6.45, 7) is 3.52. The van der Waals surface area contributed by atoms with Crippen LogP contribution < -0.4 is 10.6 Å². The van der Waals surface area contributed by atoms with Gasteiger partial charge in [-0.2, -0.15) is 0 Å². The zero-order chi connectivity index (χ0) is 19.4. The Morgan fingerprint density at radius 1 is 1.04 bits per heavy atom. The molecule has 2 N–H and O–H groups in total. The molecule has 0 bridgehead atoms. The SMILES string of the molecule is CC[C@@H](C)NC(=O)CN1C(=O)NC(c2ccccc2)(c2ccccc2)C1=O. The van der Waals surface area contributed by atoms with E-state index < -0.39 is 17.5 Å². The topological polar surface area (TPSA) is 78.5 Å². The van der Waals surface area contributed by atoms with Crippen molar-refractivity contribution in [2.45, 2.75) is 31.8 Å². The van der Waals surface area contributed by atoms with Crippen LogP contribution in [0.5, 0.6) is 0 Å². The van der Waals surface area contributed by atoms with Gasteiger partial charge in [-0.15, -0.1) is 0 Å². The molecule has 6 heteroatoms. The Balaban J connectivity index is 1.98. The molecular weight excluding hydrogens is 342 g/mol. The number of hydrogen-bond acceptors (Lipinski definition) is 3. The number of benzene rings is 2. The number of nitrogens with zero attached hydrogens (tertiary/aromatic N) is 1. The first-order valence-corrected chi connectivity index (χ1v) is 9.03. The second kappa shape index (κ2) is 7.61. The molecule has 0 saturated carbocycles. The van der Waals surface area contributed by atoms with Gasteiger partial charge in [-0.05, 0) is 24.5 Å². The third-order valence-electron chi connectivity index (χ3n) is 4.84. The number of amides is 4. The molecular formula is C21H23N3O3. The van der Waals surface area contributed by atoms with Crippen molar-refractivity contribution in [2.75, 3.05) is 6.54 Å². The van der Waals surface area contributed by atoms with Gasteiger partial charge < -0.3 is 10.6 Å². The van der Waals surface area contributed by atoms with Crippen molar-refractivity contribution in [3.05, 3.63) is 71.8 Å². The van der Waals surface area contributed by atoms with E-state index in [0.717, 1.165) is 11.3 Å². The van der Waals surface area contributed by atoms with Gasteiger partial charge in [-0.1, -0.05) is 67.6 Å². The molecule has 0 aliphatic carbocycles. The lowest BCUT2D eigenvalue weighted by Crippen LogP contribution is -2.46. The molecule has 0 aromatic heterocycles. The van der Waals surface area contributed by atoms with Gasteiger partial charge in [0, 0.05) is 6.04 Å². The average molecular weight is 365 g/mol. The molecule has 3 rings (SSSR count). The Hall–Kier alpha value is -3.15. The quantitative estimate of drug-likeness (QED) is 0.772. The van der Waals surface area contributed by atoms with Crippen LogP contribution >= 0.6 is 0 Å². The molecule has 0 unspecified atom stereocenters. The minimum Gasteiger partial charge on any atom is -0.352 e. The molecule has 1 atom stereocenters. The maximum atomic E-state index is 13.4. The lowest BCUT2D eigenvalue weighted by atomic mass is 9.82. The van der Waals surface area contributed by atoms with E-state index in [0.29, 0.717) is 11.1 Å². The standard InChI is InChI=1S/C21H23N3O3/c1-3-15(2)22-18(25)14-24-19(26)21(23-20(24)27,16-10-6-4-7-11-16)17-12-8-5-9-13-17/h4-13,15H,3,14H2,1-2H3,(H,22,25)(H,23,27)/t15-/m1/s1. The van der Waals surface area contributed by atoms with E-state index in [1.165, 1.54) is 0 Å². The fourth-order valence-corrected chi connectivity index (χ4v) is 3.22.